The van der Waals surface area contributed by atoms with Crippen LogP contribution in [0.3, 0.4) is 0 Å². The maximum absolute atomic E-state index is 14.2. The van der Waals surface area contributed by atoms with E-state index in [2.05, 4.69) is 83.1 Å². The molecular weight excluding hydrogens is 1380 g/mol. The summed E-state index contributed by atoms with van der Waals surface area (Å²) in [7, 11) is 0.525. The van der Waals surface area contributed by atoms with Crippen LogP contribution in [0.15, 0.2) is 72.8 Å². The van der Waals surface area contributed by atoms with Gasteiger partial charge in [-0.2, -0.15) is 127 Å². The molecule has 0 atom stereocenters. The van der Waals surface area contributed by atoms with Crippen molar-refractivity contribution >= 4 is 43.8 Å². The zero-order chi connectivity index (χ0) is 64.5. The normalized spacial score (nSPS) is 13.1. The smallest absolute Gasteiger partial charge is 0.194 e. The molecule has 0 saturated heterocycles. The Hall–Kier alpha value is -4.01. The second-order valence-electron chi connectivity index (χ2n) is 19.7. The minimum absolute atomic E-state index is 0. The second kappa shape index (κ2) is 29.9. The molecule has 0 aliphatic rings. The molecule has 0 saturated carbocycles. The second-order valence-corrected chi connectivity index (χ2v) is 27.7. The number of nitroso groups, excluding NO2 is 2. The van der Waals surface area contributed by atoms with Crippen LogP contribution < -0.4 is 33.0 Å². The van der Waals surface area contributed by atoms with E-state index < -0.39 is 195 Å². The van der Waals surface area contributed by atoms with Crippen LogP contribution in [-0.4, -0.2) is 40.1 Å². The average molecular weight is 1430 g/mol. The zero-order valence-electron chi connectivity index (χ0n) is 45.0. The van der Waals surface area contributed by atoms with E-state index in [9.17, 15) is 105 Å². The van der Waals surface area contributed by atoms with Crippen LogP contribution >= 0.6 is 15.8 Å². The Labute approximate surface area is 472 Å². The van der Waals surface area contributed by atoms with Crippen LogP contribution in [0.2, 0.25) is 0 Å². The minimum atomic E-state index is -6.13. The Morgan fingerprint density at radius 1 is 0.256 bits per heavy atom. The Kier molecular flexibility index (Phi) is 29.2. The van der Waals surface area contributed by atoms with Gasteiger partial charge in [-0.1, -0.05) is 147 Å². The molecule has 0 N–H and O–H groups in total. The molecule has 4 nitrogen and oxygen atoms in total. The van der Waals surface area contributed by atoms with Crippen LogP contribution in [0.4, 0.5) is 105 Å². The van der Waals surface area contributed by atoms with E-state index in [0.717, 1.165) is 34.0 Å². The van der Waals surface area contributed by atoms with Crippen molar-refractivity contribution in [1.82, 2.24) is 11.2 Å². The number of hydrogen-bond acceptors (Lipinski definition) is 2. The molecule has 4 aromatic carbocycles. The van der Waals surface area contributed by atoms with E-state index in [4.69, 9.17) is 21.0 Å². The van der Waals surface area contributed by atoms with Crippen molar-refractivity contribution in [3.63, 3.8) is 0 Å². The van der Waals surface area contributed by atoms with Gasteiger partial charge in [0, 0.05) is 20.4 Å². The molecule has 0 bridgehead atoms. The molecule has 0 heterocycles. The molecule has 4 aromatic rings. The Morgan fingerprint density at radius 2 is 0.354 bits per heavy atom. The van der Waals surface area contributed by atoms with Gasteiger partial charge in [0.15, 0.2) is 0 Å². The largest absolute Gasteiger partial charge is 0.416 e. The summed E-state index contributed by atoms with van der Waals surface area (Å²) in [5, 5.41) is 0. The predicted octanol–water partition coefficient (Wildman–Crippen LogP) is 17.7. The van der Waals surface area contributed by atoms with Crippen LogP contribution in [0.25, 0.3) is 0 Å². The molecule has 0 aromatic heterocycles. The molecule has 82 heavy (non-hydrogen) atoms. The number of hydrogen-bond donors (Lipinski definition) is 0. The summed E-state index contributed by atoms with van der Waals surface area (Å²) in [5.74, 6) is 0. The zero-order valence-corrected chi connectivity index (χ0v) is 49.5. The summed E-state index contributed by atoms with van der Waals surface area (Å²) in [5.41, 5.74) is -13.3. The van der Waals surface area contributed by atoms with Crippen LogP contribution in [0, 0.1) is 9.81 Å². The maximum atomic E-state index is 14.2. The van der Waals surface area contributed by atoms with Gasteiger partial charge in [0.05, 0.1) is 44.5 Å². The molecule has 4 rings (SSSR count). The molecule has 0 spiro atoms. The fraction of sp³-hybridized carbons (Fsp3) is 0.520. The molecule has 465 valence electrons. The van der Waals surface area contributed by atoms with E-state index in [0.29, 0.717) is 0 Å². The summed E-state index contributed by atoms with van der Waals surface area (Å²) >= 11 is 0. The first-order valence-corrected chi connectivity index (χ1v) is 26.6. The van der Waals surface area contributed by atoms with Gasteiger partial charge in [0.1, 0.15) is 17.3 Å². The van der Waals surface area contributed by atoms with Gasteiger partial charge >= 0.3 is 49.4 Å². The third kappa shape index (κ3) is 21.8. The van der Waals surface area contributed by atoms with E-state index in [1.54, 1.807) is 0 Å². The van der Waals surface area contributed by atoms with Gasteiger partial charge in [-0.15, -0.1) is 9.81 Å². The number of alkyl halides is 24. The van der Waals surface area contributed by atoms with Crippen molar-refractivity contribution in [2.75, 3.05) is 0 Å². The van der Waals surface area contributed by atoms with Crippen molar-refractivity contribution in [3.05, 3.63) is 127 Å². The fourth-order valence-electron chi connectivity index (χ4n) is 9.65. The van der Waals surface area contributed by atoms with Crippen molar-refractivity contribution in [2.45, 2.75) is 166 Å². The summed E-state index contributed by atoms with van der Waals surface area (Å²) in [6.45, 7) is 28.2. The molecule has 32 heteroatoms. The monoisotopic (exact) mass is 1430 g/mol. The Balaban J connectivity index is 0. The topological polar surface area (TPSA) is 78.7 Å². The molecule has 3 radical (unpaired) electrons. The van der Waals surface area contributed by atoms with E-state index in [1.807, 2.05) is 0 Å². The minimum Gasteiger partial charge on any atom is -0.194 e. The van der Waals surface area contributed by atoms with Crippen LogP contribution in [0.5, 0.6) is 0 Å². The quantitative estimate of drug-likeness (QED) is 0.0901. The summed E-state index contributed by atoms with van der Waals surface area (Å²) in [6, 6.07) is -8.81. The van der Waals surface area contributed by atoms with Gasteiger partial charge in [0.2, 0.25) is 0 Å². The summed E-state index contributed by atoms with van der Waals surface area (Å²) < 4.78 is 341. The van der Waals surface area contributed by atoms with Crippen molar-refractivity contribution in [1.29, 1.82) is 0 Å². The standard InChI is InChI=1S/C32H12BF24.2C9H21P.2NO.Re/c34-25(35,36)13-1-14(26(37,38)39)6-21(5-13)33(22-7-15(27(40,41)42)2-16(8-22)28(43,44)45,23-9-17(29(46,47)48)3-18(10-23)30(49,50)51)24-11-19(31(52,53)54)4-20(12-24)32(55,56)57;2*1-7(2)10(8(3)4)9(5)6;2*1-2;/h1-12H;2*7-9H,1-6H3;;;/q-1;;;;;. The fourth-order valence-corrected chi connectivity index (χ4v) is 16.8. The number of benzene rings is 4. The first-order valence-electron chi connectivity index (χ1n) is 23.5. The van der Waals surface area contributed by atoms with Crippen molar-refractivity contribution in [2.24, 2.45) is 0 Å². The average Bonchev–Trinajstić information content (AvgIpc) is 3.27. The first kappa shape index (κ1) is 80.1. The molecular formula is C50H54BF24N2O2P2Re-. The third-order valence-corrected chi connectivity index (χ3v) is 19.2. The van der Waals surface area contributed by atoms with E-state index in [-0.39, 0.29) is 36.3 Å². The Morgan fingerprint density at radius 3 is 0.415 bits per heavy atom. The Bertz CT molecular complexity index is 2140. The number of halogens is 24. The molecule has 0 aliphatic heterocycles. The molecule has 0 aliphatic carbocycles. The van der Waals surface area contributed by atoms with Crippen molar-refractivity contribution < 1.29 is 126 Å². The third-order valence-electron chi connectivity index (χ3n) is 12.0. The van der Waals surface area contributed by atoms with Gasteiger partial charge in [-0.25, -0.2) is 0 Å². The van der Waals surface area contributed by atoms with Gasteiger partial charge < -0.3 is 0 Å². The van der Waals surface area contributed by atoms with Crippen molar-refractivity contribution in [3.8, 4) is 0 Å². The molecule has 0 unspecified atom stereocenters. The van der Waals surface area contributed by atoms with Crippen LogP contribution in [-0.2, 0) is 69.8 Å². The molecule has 0 amide bonds. The number of rotatable bonds is 10. The first-order chi connectivity index (χ1) is 36.2. The summed E-state index contributed by atoms with van der Waals surface area (Å²) in [6.07, 6.45) is -54.8. The number of nitrogens with zero attached hydrogens (tertiary/aromatic N) is 2. The van der Waals surface area contributed by atoms with Gasteiger partial charge in [-0.05, 0) is 58.2 Å². The van der Waals surface area contributed by atoms with Gasteiger partial charge in [-0.3, -0.25) is 0 Å². The van der Waals surface area contributed by atoms with E-state index in [1.165, 1.54) is 0 Å². The van der Waals surface area contributed by atoms with Gasteiger partial charge in [0.25, 0.3) is 0 Å². The summed E-state index contributed by atoms with van der Waals surface area (Å²) in [4.78, 5) is 14.5. The predicted molar refractivity (Wildman–Crippen MR) is 266 cm³/mol. The van der Waals surface area contributed by atoms with E-state index >= 15 is 0 Å². The molecule has 0 fully saturated rings. The van der Waals surface area contributed by atoms with Crippen LogP contribution in [0.1, 0.15) is 128 Å². The maximum Gasteiger partial charge on any atom is 0.416 e. The SMILES string of the molecule is CC(C)P(C(C)C)C(C)C.CC(C)P(C(C)C)C(C)C.FC(F)(F)c1cc([B-](c2cc(C(F)(F)F)cc(C(F)(F)F)c2)(c2cc(C(F)(F)F)cc(C(F)(F)F)c2)c2cc(C(F)(F)F)cc(C(F)(F)F)c2)cc(C(F)(F)F)c1.[N]=O.[N]=O.[Re].